The van der Waals surface area contributed by atoms with Crippen molar-refractivity contribution in [3.05, 3.63) is 23.2 Å². The summed E-state index contributed by atoms with van der Waals surface area (Å²) in [5.74, 6) is 0. The molecule has 114 valence electrons. The minimum absolute atomic E-state index is 0.224. The first-order chi connectivity index (χ1) is 10.1. The van der Waals surface area contributed by atoms with Crippen molar-refractivity contribution in [1.82, 2.24) is 9.55 Å². The standard InChI is InChI=1S/C13H15ClN2O5/c1-20-13-15-7-3-2-6(14)4-8(7)16(13)12-11(19)10(18)9(5-17)21-12/h2-4,9-12,17-19H,5H2,1H3/t9-,10-,11-,12-/m1/s1. The number of imidazole rings is 1. The van der Waals surface area contributed by atoms with Crippen LogP contribution in [0, 0.1) is 0 Å². The van der Waals surface area contributed by atoms with Crippen molar-refractivity contribution in [1.29, 1.82) is 0 Å². The molecule has 1 aliphatic heterocycles. The number of halogens is 1. The molecular formula is C13H15ClN2O5. The van der Waals surface area contributed by atoms with Crippen molar-refractivity contribution in [3.8, 4) is 6.01 Å². The number of methoxy groups -OCH3 is 1. The fourth-order valence-electron chi connectivity index (χ4n) is 2.53. The summed E-state index contributed by atoms with van der Waals surface area (Å²) in [7, 11) is 1.45. The zero-order valence-corrected chi connectivity index (χ0v) is 11.9. The first-order valence-corrected chi connectivity index (χ1v) is 6.78. The van der Waals surface area contributed by atoms with Crippen molar-refractivity contribution in [2.24, 2.45) is 0 Å². The van der Waals surface area contributed by atoms with Gasteiger partial charge in [0.15, 0.2) is 6.23 Å². The highest BCUT2D eigenvalue weighted by atomic mass is 35.5. The van der Waals surface area contributed by atoms with Crippen LogP contribution in [0.5, 0.6) is 6.01 Å². The molecule has 8 heteroatoms. The molecule has 0 radical (unpaired) electrons. The summed E-state index contributed by atoms with van der Waals surface area (Å²) in [4.78, 5) is 4.27. The van der Waals surface area contributed by atoms with Crippen LogP contribution in [-0.4, -0.2) is 56.9 Å². The van der Waals surface area contributed by atoms with Crippen molar-refractivity contribution >= 4 is 22.6 Å². The second kappa shape index (κ2) is 5.43. The van der Waals surface area contributed by atoms with E-state index < -0.39 is 31.1 Å². The number of aliphatic hydroxyl groups excluding tert-OH is 3. The number of hydrogen-bond acceptors (Lipinski definition) is 6. The minimum atomic E-state index is -1.22. The van der Waals surface area contributed by atoms with E-state index in [1.54, 1.807) is 18.2 Å². The van der Waals surface area contributed by atoms with E-state index in [-0.39, 0.29) is 6.01 Å². The zero-order valence-electron chi connectivity index (χ0n) is 11.2. The second-order valence-electron chi connectivity index (χ2n) is 4.83. The summed E-state index contributed by atoms with van der Waals surface area (Å²) in [5, 5.41) is 29.7. The Morgan fingerprint density at radius 1 is 1.38 bits per heavy atom. The molecule has 2 aromatic rings. The molecule has 1 aromatic carbocycles. The molecule has 0 amide bonds. The molecule has 3 N–H and O–H groups in total. The normalized spacial score (nSPS) is 29.2. The molecule has 1 saturated heterocycles. The van der Waals surface area contributed by atoms with Gasteiger partial charge in [-0.25, -0.2) is 0 Å². The summed E-state index contributed by atoms with van der Waals surface area (Å²) >= 11 is 6.00. The van der Waals surface area contributed by atoms with Gasteiger partial charge in [-0.2, -0.15) is 4.98 Å². The predicted octanol–water partition coefficient (Wildman–Crippen LogP) is 0.310. The maximum Gasteiger partial charge on any atom is 0.299 e. The Bertz CT molecular complexity index is 661. The smallest absolute Gasteiger partial charge is 0.299 e. The Kier molecular flexibility index (Phi) is 3.76. The molecule has 0 aliphatic carbocycles. The molecule has 3 rings (SSSR count). The van der Waals surface area contributed by atoms with E-state index >= 15 is 0 Å². The third-order valence-corrected chi connectivity index (χ3v) is 3.81. The largest absolute Gasteiger partial charge is 0.468 e. The molecule has 2 heterocycles. The lowest BCUT2D eigenvalue weighted by atomic mass is 10.1. The monoisotopic (exact) mass is 314 g/mol. The zero-order chi connectivity index (χ0) is 15.1. The van der Waals surface area contributed by atoms with E-state index in [0.29, 0.717) is 16.1 Å². The van der Waals surface area contributed by atoms with Gasteiger partial charge in [0.1, 0.15) is 18.3 Å². The minimum Gasteiger partial charge on any atom is -0.468 e. The van der Waals surface area contributed by atoms with Crippen LogP contribution in [0.3, 0.4) is 0 Å². The molecule has 1 fully saturated rings. The third-order valence-electron chi connectivity index (χ3n) is 3.57. The summed E-state index contributed by atoms with van der Waals surface area (Å²) in [5.41, 5.74) is 1.23. The summed E-state index contributed by atoms with van der Waals surface area (Å²) in [6, 6.07) is 5.30. The fourth-order valence-corrected chi connectivity index (χ4v) is 2.69. The van der Waals surface area contributed by atoms with Gasteiger partial charge in [0.25, 0.3) is 6.01 Å². The molecule has 21 heavy (non-hydrogen) atoms. The quantitative estimate of drug-likeness (QED) is 0.754. The van der Waals surface area contributed by atoms with Crippen LogP contribution in [0.2, 0.25) is 5.02 Å². The highest BCUT2D eigenvalue weighted by Gasteiger charge is 2.44. The van der Waals surface area contributed by atoms with E-state index in [4.69, 9.17) is 21.1 Å². The average Bonchev–Trinajstić information content (AvgIpc) is 2.97. The lowest BCUT2D eigenvalue weighted by molar-refractivity contribution is -0.0535. The maximum atomic E-state index is 10.2. The van der Waals surface area contributed by atoms with Crippen LogP contribution in [0.25, 0.3) is 11.0 Å². The molecule has 1 aliphatic rings. The molecule has 0 bridgehead atoms. The van der Waals surface area contributed by atoms with Gasteiger partial charge in [-0.15, -0.1) is 0 Å². The molecule has 0 saturated carbocycles. The number of aromatic nitrogens is 2. The Labute approximate surface area is 125 Å². The third kappa shape index (κ3) is 2.27. The van der Waals surface area contributed by atoms with Gasteiger partial charge in [-0.05, 0) is 18.2 Å². The fraction of sp³-hybridized carbons (Fsp3) is 0.462. The number of hydrogen-bond donors (Lipinski definition) is 3. The highest BCUT2D eigenvalue weighted by Crippen LogP contribution is 2.36. The number of fused-ring (bicyclic) bond motifs is 1. The number of benzene rings is 1. The topological polar surface area (TPSA) is 97.0 Å². The van der Waals surface area contributed by atoms with Crippen LogP contribution in [-0.2, 0) is 4.74 Å². The van der Waals surface area contributed by atoms with E-state index in [2.05, 4.69) is 4.98 Å². The van der Waals surface area contributed by atoms with Crippen LogP contribution < -0.4 is 4.74 Å². The first kappa shape index (κ1) is 14.6. The van der Waals surface area contributed by atoms with E-state index in [0.717, 1.165) is 0 Å². The average molecular weight is 315 g/mol. The van der Waals surface area contributed by atoms with Gasteiger partial charge in [0, 0.05) is 5.02 Å². The molecular weight excluding hydrogens is 300 g/mol. The summed E-state index contributed by atoms with van der Waals surface area (Å²) < 4.78 is 12.2. The molecule has 1 aromatic heterocycles. The Hall–Kier alpha value is -1.38. The number of aliphatic hydroxyl groups is 3. The number of ether oxygens (including phenoxy) is 2. The summed E-state index contributed by atoms with van der Waals surface area (Å²) in [6.07, 6.45) is -4.20. The molecule has 4 atom stereocenters. The van der Waals surface area contributed by atoms with Crippen molar-refractivity contribution in [2.75, 3.05) is 13.7 Å². The van der Waals surface area contributed by atoms with E-state index in [1.807, 2.05) is 0 Å². The summed E-state index contributed by atoms with van der Waals surface area (Å²) in [6.45, 7) is -0.398. The second-order valence-corrected chi connectivity index (χ2v) is 5.27. The van der Waals surface area contributed by atoms with Crippen LogP contribution in [0.1, 0.15) is 6.23 Å². The SMILES string of the molecule is COc1nc2ccc(Cl)cc2n1[C@@H]1O[C@H](CO)[C@@H](O)[C@H]1O. The number of nitrogens with zero attached hydrogens (tertiary/aromatic N) is 2. The maximum absolute atomic E-state index is 10.2. The van der Waals surface area contributed by atoms with Gasteiger partial charge < -0.3 is 24.8 Å². The van der Waals surface area contributed by atoms with E-state index in [1.165, 1.54) is 11.7 Å². The van der Waals surface area contributed by atoms with Crippen molar-refractivity contribution < 1.29 is 24.8 Å². The van der Waals surface area contributed by atoms with Crippen molar-refractivity contribution in [2.45, 2.75) is 24.5 Å². The molecule has 7 nitrogen and oxygen atoms in total. The van der Waals surface area contributed by atoms with Gasteiger partial charge in [-0.1, -0.05) is 11.6 Å². The Morgan fingerprint density at radius 2 is 2.14 bits per heavy atom. The van der Waals surface area contributed by atoms with Gasteiger partial charge in [0.05, 0.1) is 24.8 Å². The number of rotatable bonds is 3. The van der Waals surface area contributed by atoms with Crippen LogP contribution in [0.4, 0.5) is 0 Å². The van der Waals surface area contributed by atoms with Gasteiger partial charge in [-0.3, -0.25) is 4.57 Å². The Morgan fingerprint density at radius 3 is 2.76 bits per heavy atom. The van der Waals surface area contributed by atoms with Crippen LogP contribution >= 0.6 is 11.6 Å². The molecule has 0 spiro atoms. The van der Waals surface area contributed by atoms with Gasteiger partial charge >= 0.3 is 0 Å². The van der Waals surface area contributed by atoms with Gasteiger partial charge in [0.2, 0.25) is 0 Å². The van der Waals surface area contributed by atoms with Crippen molar-refractivity contribution in [3.63, 3.8) is 0 Å². The first-order valence-electron chi connectivity index (χ1n) is 6.40. The highest BCUT2D eigenvalue weighted by molar-refractivity contribution is 6.31. The van der Waals surface area contributed by atoms with E-state index in [9.17, 15) is 15.3 Å². The Balaban J connectivity index is 2.13. The lowest BCUT2D eigenvalue weighted by Crippen LogP contribution is -2.33. The molecule has 0 unspecified atom stereocenters. The van der Waals surface area contributed by atoms with Crippen LogP contribution in [0.15, 0.2) is 18.2 Å². The predicted molar refractivity (Wildman–Crippen MR) is 74.3 cm³/mol. The lowest BCUT2D eigenvalue weighted by Gasteiger charge is -2.18.